The Balaban J connectivity index is 0.00000324. The standard InChI is InChI=1S/C10H9F6NO.ClH/c11-9(12,13)6-3-1-2-5(4-6)7(17)8(18)10(14,15)16;/h1-4,7-8,18H,17H2;1H/t7-,8-;/m1./s1. The van der Waals surface area contributed by atoms with Crippen molar-refractivity contribution >= 4 is 12.4 Å². The van der Waals surface area contributed by atoms with Crippen molar-refractivity contribution in [2.24, 2.45) is 5.73 Å². The SMILES string of the molecule is Cl.N[C@H](c1cccc(C(F)(F)F)c1)[C@@H](O)C(F)(F)F. The van der Waals surface area contributed by atoms with E-state index < -0.39 is 35.6 Å². The van der Waals surface area contributed by atoms with Gasteiger partial charge in [0, 0.05) is 0 Å². The summed E-state index contributed by atoms with van der Waals surface area (Å²) in [5.41, 5.74) is 3.54. The van der Waals surface area contributed by atoms with Crippen LogP contribution >= 0.6 is 12.4 Å². The molecule has 9 heteroatoms. The largest absolute Gasteiger partial charge is 0.416 e. The Hall–Kier alpha value is -0.990. The van der Waals surface area contributed by atoms with E-state index in [0.29, 0.717) is 12.1 Å². The molecule has 0 unspecified atom stereocenters. The third-order valence-electron chi connectivity index (χ3n) is 2.27. The van der Waals surface area contributed by atoms with Crippen molar-refractivity contribution in [3.8, 4) is 0 Å². The van der Waals surface area contributed by atoms with Crippen LogP contribution in [0.25, 0.3) is 0 Å². The highest BCUT2D eigenvalue weighted by molar-refractivity contribution is 5.85. The van der Waals surface area contributed by atoms with E-state index in [4.69, 9.17) is 10.8 Å². The van der Waals surface area contributed by atoms with E-state index >= 15 is 0 Å². The summed E-state index contributed by atoms with van der Waals surface area (Å²) in [5, 5.41) is 8.87. The first-order chi connectivity index (χ1) is 8.03. The third kappa shape index (κ3) is 4.55. The van der Waals surface area contributed by atoms with Crippen LogP contribution in [0.5, 0.6) is 0 Å². The zero-order chi connectivity index (χ0) is 14.1. The summed E-state index contributed by atoms with van der Waals surface area (Å²) >= 11 is 0. The molecule has 0 saturated carbocycles. The molecular formula is C10H10ClF6NO. The second-order valence-corrected chi connectivity index (χ2v) is 3.64. The quantitative estimate of drug-likeness (QED) is 0.825. The van der Waals surface area contributed by atoms with Gasteiger partial charge >= 0.3 is 12.4 Å². The zero-order valence-electron chi connectivity index (χ0n) is 9.16. The van der Waals surface area contributed by atoms with E-state index in [1.807, 2.05) is 0 Å². The summed E-state index contributed by atoms with van der Waals surface area (Å²) in [5.74, 6) is 0. The van der Waals surface area contributed by atoms with Crippen LogP contribution in [0.4, 0.5) is 26.3 Å². The number of alkyl halides is 6. The van der Waals surface area contributed by atoms with Crippen LogP contribution in [0, 0.1) is 0 Å². The Morgan fingerprint density at radius 3 is 2.00 bits per heavy atom. The van der Waals surface area contributed by atoms with Gasteiger partial charge in [0.05, 0.1) is 11.6 Å². The topological polar surface area (TPSA) is 46.2 Å². The fraction of sp³-hybridized carbons (Fsp3) is 0.400. The van der Waals surface area contributed by atoms with Gasteiger partial charge in [-0.1, -0.05) is 12.1 Å². The molecule has 110 valence electrons. The van der Waals surface area contributed by atoms with Crippen molar-refractivity contribution in [3.63, 3.8) is 0 Å². The highest BCUT2D eigenvalue weighted by atomic mass is 35.5. The number of hydrogen-bond acceptors (Lipinski definition) is 2. The number of hydrogen-bond donors (Lipinski definition) is 2. The van der Waals surface area contributed by atoms with Gasteiger partial charge in [-0.15, -0.1) is 12.4 Å². The Morgan fingerprint density at radius 1 is 1.05 bits per heavy atom. The molecule has 0 bridgehead atoms. The molecular weight excluding hydrogens is 300 g/mol. The summed E-state index contributed by atoms with van der Waals surface area (Å²) in [6, 6.07) is 1.15. The molecule has 0 radical (unpaired) electrons. The lowest BCUT2D eigenvalue weighted by atomic mass is 9.99. The predicted molar refractivity (Wildman–Crippen MR) is 57.7 cm³/mol. The predicted octanol–water partition coefficient (Wildman–Crippen LogP) is 3.05. The van der Waals surface area contributed by atoms with Crippen LogP contribution in [0.2, 0.25) is 0 Å². The number of benzene rings is 1. The second-order valence-electron chi connectivity index (χ2n) is 3.64. The Bertz CT molecular complexity index is 419. The Kier molecular flexibility index (Phi) is 5.66. The Labute approximate surface area is 110 Å². The molecule has 0 amide bonds. The van der Waals surface area contributed by atoms with Crippen molar-refractivity contribution in [2.75, 3.05) is 0 Å². The van der Waals surface area contributed by atoms with Crippen molar-refractivity contribution in [3.05, 3.63) is 35.4 Å². The molecule has 0 aliphatic heterocycles. The molecule has 1 aromatic rings. The van der Waals surface area contributed by atoms with E-state index in [-0.39, 0.29) is 12.4 Å². The fourth-order valence-corrected chi connectivity index (χ4v) is 1.31. The van der Waals surface area contributed by atoms with Crippen molar-refractivity contribution in [1.82, 2.24) is 0 Å². The Morgan fingerprint density at radius 2 is 1.58 bits per heavy atom. The normalized spacial score (nSPS) is 15.6. The molecule has 2 atom stereocenters. The maximum atomic E-state index is 12.3. The first-order valence-electron chi connectivity index (χ1n) is 4.71. The van der Waals surface area contributed by atoms with Gasteiger partial charge < -0.3 is 10.8 Å². The van der Waals surface area contributed by atoms with E-state index in [1.54, 1.807) is 0 Å². The van der Waals surface area contributed by atoms with Crippen molar-refractivity contribution in [2.45, 2.75) is 24.5 Å². The highest BCUT2D eigenvalue weighted by Crippen LogP contribution is 2.33. The summed E-state index contributed by atoms with van der Waals surface area (Å²) in [6.07, 6.45) is -12.6. The highest BCUT2D eigenvalue weighted by Gasteiger charge is 2.43. The van der Waals surface area contributed by atoms with Crippen LogP contribution < -0.4 is 5.73 Å². The number of halogens is 7. The van der Waals surface area contributed by atoms with Crippen LogP contribution in [0.15, 0.2) is 24.3 Å². The van der Waals surface area contributed by atoms with Crippen molar-refractivity contribution in [1.29, 1.82) is 0 Å². The van der Waals surface area contributed by atoms with E-state index in [9.17, 15) is 26.3 Å². The molecule has 0 spiro atoms. The first-order valence-corrected chi connectivity index (χ1v) is 4.71. The summed E-state index contributed by atoms with van der Waals surface area (Å²) in [7, 11) is 0. The number of rotatable bonds is 2. The van der Waals surface area contributed by atoms with Gasteiger partial charge in [-0.25, -0.2) is 0 Å². The van der Waals surface area contributed by atoms with Gasteiger partial charge in [0.1, 0.15) is 0 Å². The molecule has 0 aliphatic rings. The van der Waals surface area contributed by atoms with Gasteiger partial charge in [-0.3, -0.25) is 0 Å². The molecule has 0 aliphatic carbocycles. The molecule has 2 nitrogen and oxygen atoms in total. The average molecular weight is 310 g/mol. The minimum atomic E-state index is -4.99. The summed E-state index contributed by atoms with van der Waals surface area (Å²) in [6.45, 7) is 0. The maximum absolute atomic E-state index is 12.3. The van der Waals surface area contributed by atoms with Gasteiger partial charge in [0.15, 0.2) is 6.10 Å². The number of aliphatic hydroxyl groups is 1. The molecule has 0 aromatic heterocycles. The molecule has 3 N–H and O–H groups in total. The lowest BCUT2D eigenvalue weighted by Crippen LogP contribution is -2.38. The molecule has 19 heavy (non-hydrogen) atoms. The van der Waals surface area contributed by atoms with Crippen molar-refractivity contribution < 1.29 is 31.4 Å². The van der Waals surface area contributed by atoms with Crippen LogP contribution in [-0.2, 0) is 6.18 Å². The van der Waals surface area contributed by atoms with Crippen LogP contribution in [-0.4, -0.2) is 17.4 Å². The number of aliphatic hydroxyl groups excluding tert-OH is 1. The molecule has 1 aromatic carbocycles. The maximum Gasteiger partial charge on any atom is 0.416 e. The second kappa shape index (κ2) is 5.98. The van der Waals surface area contributed by atoms with E-state index in [1.165, 1.54) is 0 Å². The van der Waals surface area contributed by atoms with Gasteiger partial charge in [0.25, 0.3) is 0 Å². The lowest BCUT2D eigenvalue weighted by Gasteiger charge is -2.22. The minimum Gasteiger partial charge on any atom is -0.382 e. The molecule has 0 heterocycles. The first kappa shape index (κ1) is 18.0. The molecule has 0 saturated heterocycles. The summed E-state index contributed by atoms with van der Waals surface area (Å²) in [4.78, 5) is 0. The average Bonchev–Trinajstić information content (AvgIpc) is 2.25. The van der Waals surface area contributed by atoms with Gasteiger partial charge in [0.2, 0.25) is 0 Å². The van der Waals surface area contributed by atoms with E-state index in [2.05, 4.69) is 0 Å². The van der Waals surface area contributed by atoms with Crippen LogP contribution in [0.3, 0.4) is 0 Å². The summed E-state index contributed by atoms with van der Waals surface area (Å²) < 4.78 is 73.5. The molecule has 1 rings (SSSR count). The fourth-order valence-electron chi connectivity index (χ4n) is 1.31. The monoisotopic (exact) mass is 309 g/mol. The van der Waals surface area contributed by atoms with Gasteiger partial charge in [-0.2, -0.15) is 26.3 Å². The lowest BCUT2D eigenvalue weighted by molar-refractivity contribution is -0.210. The molecule has 0 fully saturated rings. The van der Waals surface area contributed by atoms with Crippen LogP contribution in [0.1, 0.15) is 17.2 Å². The smallest absolute Gasteiger partial charge is 0.382 e. The van der Waals surface area contributed by atoms with Gasteiger partial charge in [-0.05, 0) is 17.7 Å². The number of nitrogens with two attached hydrogens (primary N) is 1. The zero-order valence-corrected chi connectivity index (χ0v) is 9.98. The minimum absolute atomic E-state index is 0. The van der Waals surface area contributed by atoms with E-state index in [0.717, 1.165) is 12.1 Å². The third-order valence-corrected chi connectivity index (χ3v) is 2.27.